The zero-order valence-electron chi connectivity index (χ0n) is 17.0. The van der Waals surface area contributed by atoms with Crippen molar-refractivity contribution >= 4 is 28.9 Å². The Morgan fingerprint density at radius 1 is 1.10 bits per heavy atom. The van der Waals surface area contributed by atoms with E-state index in [1.165, 1.54) is 0 Å². The Morgan fingerprint density at radius 3 is 2.60 bits per heavy atom. The molecule has 30 heavy (non-hydrogen) atoms. The number of nitrogens with zero attached hydrogens (tertiary/aromatic N) is 2. The van der Waals surface area contributed by atoms with Crippen LogP contribution >= 0.6 is 0 Å². The second-order valence-corrected chi connectivity index (χ2v) is 7.49. The number of hydrogen-bond donors (Lipinski definition) is 1. The first-order chi connectivity index (χ1) is 14.6. The van der Waals surface area contributed by atoms with Gasteiger partial charge in [-0.05, 0) is 49.7 Å². The highest BCUT2D eigenvalue weighted by atomic mass is 16.3. The Morgan fingerprint density at radius 2 is 1.90 bits per heavy atom. The minimum Gasteiger partial charge on any atom is -0.467 e. The van der Waals surface area contributed by atoms with E-state index in [9.17, 15) is 9.59 Å². The molecule has 1 fully saturated rings. The average molecular weight is 403 g/mol. The Hall–Kier alpha value is -3.54. The second kappa shape index (κ2) is 8.86. The van der Waals surface area contributed by atoms with Crippen molar-refractivity contribution in [3.8, 4) is 0 Å². The molecule has 0 radical (unpaired) electrons. The molecule has 3 aromatic rings. The minimum atomic E-state index is -0.152. The lowest BCUT2D eigenvalue weighted by Crippen LogP contribution is -2.33. The largest absolute Gasteiger partial charge is 0.467 e. The van der Waals surface area contributed by atoms with Gasteiger partial charge in [0.25, 0.3) is 0 Å². The number of anilines is 3. The molecule has 0 atom stereocenters. The Labute approximate surface area is 176 Å². The second-order valence-electron chi connectivity index (χ2n) is 7.49. The average Bonchev–Trinajstić information content (AvgIpc) is 3.40. The fraction of sp³-hybridized carbons (Fsp3) is 0.250. The molecular formula is C24H25N3O3. The third-order valence-electron chi connectivity index (χ3n) is 5.20. The van der Waals surface area contributed by atoms with Gasteiger partial charge in [0, 0.05) is 18.7 Å². The summed E-state index contributed by atoms with van der Waals surface area (Å²) in [5, 5.41) is 2.99. The molecule has 2 amide bonds. The summed E-state index contributed by atoms with van der Waals surface area (Å²) in [5.74, 6) is 0.725. The summed E-state index contributed by atoms with van der Waals surface area (Å²) in [4.78, 5) is 28.8. The molecule has 1 aliphatic heterocycles. The van der Waals surface area contributed by atoms with Crippen LogP contribution in [0.4, 0.5) is 17.1 Å². The summed E-state index contributed by atoms with van der Waals surface area (Å²) in [7, 11) is 0. The third-order valence-corrected chi connectivity index (χ3v) is 5.20. The van der Waals surface area contributed by atoms with Gasteiger partial charge in [0.15, 0.2) is 0 Å². The molecule has 6 heteroatoms. The van der Waals surface area contributed by atoms with Crippen molar-refractivity contribution in [2.45, 2.75) is 26.3 Å². The molecule has 1 aromatic heterocycles. The lowest BCUT2D eigenvalue weighted by molar-refractivity contribution is -0.117. The van der Waals surface area contributed by atoms with Crippen LogP contribution in [0.3, 0.4) is 0 Å². The standard InChI is InChI=1S/C24H25N3O3/c1-18-10-12-19(13-11-18)26(16-20-6-5-15-30-20)17-23(28)25-21-7-2-3-8-22(21)27-14-4-9-24(27)29/h2-3,5-8,10-13,15H,4,9,14,16-17H2,1H3,(H,25,28). The molecule has 1 N–H and O–H groups in total. The van der Waals surface area contributed by atoms with Gasteiger partial charge < -0.3 is 19.5 Å². The molecule has 154 valence electrons. The molecule has 1 aliphatic rings. The highest BCUT2D eigenvalue weighted by Gasteiger charge is 2.24. The number of amides is 2. The number of para-hydroxylation sites is 2. The molecule has 0 saturated carbocycles. The topological polar surface area (TPSA) is 65.8 Å². The Kier molecular flexibility index (Phi) is 5.84. The van der Waals surface area contributed by atoms with E-state index in [2.05, 4.69) is 5.32 Å². The molecular weight excluding hydrogens is 378 g/mol. The van der Waals surface area contributed by atoms with Crippen molar-refractivity contribution in [1.82, 2.24) is 0 Å². The van der Waals surface area contributed by atoms with Crippen molar-refractivity contribution < 1.29 is 14.0 Å². The van der Waals surface area contributed by atoms with Crippen LogP contribution in [0.5, 0.6) is 0 Å². The first-order valence-corrected chi connectivity index (χ1v) is 10.1. The zero-order chi connectivity index (χ0) is 20.9. The molecule has 0 aliphatic carbocycles. The smallest absolute Gasteiger partial charge is 0.243 e. The normalized spacial score (nSPS) is 13.5. The van der Waals surface area contributed by atoms with Crippen LogP contribution in [0.1, 0.15) is 24.2 Å². The summed E-state index contributed by atoms with van der Waals surface area (Å²) < 4.78 is 5.49. The number of rotatable bonds is 7. The molecule has 0 spiro atoms. The molecule has 2 heterocycles. The molecule has 6 nitrogen and oxygen atoms in total. The molecule has 1 saturated heterocycles. The summed E-state index contributed by atoms with van der Waals surface area (Å²) in [6.07, 6.45) is 3.02. The monoisotopic (exact) mass is 403 g/mol. The predicted octanol–water partition coefficient (Wildman–Crippen LogP) is 4.36. The predicted molar refractivity (Wildman–Crippen MR) is 118 cm³/mol. The molecule has 0 bridgehead atoms. The van der Waals surface area contributed by atoms with Crippen LogP contribution in [0.2, 0.25) is 0 Å². The molecule has 4 rings (SSSR count). The van der Waals surface area contributed by atoms with E-state index >= 15 is 0 Å². The maximum absolute atomic E-state index is 13.0. The van der Waals surface area contributed by atoms with Crippen LogP contribution in [0, 0.1) is 6.92 Å². The summed E-state index contributed by atoms with van der Waals surface area (Å²) in [5.41, 5.74) is 3.50. The van der Waals surface area contributed by atoms with E-state index in [0.717, 1.165) is 29.1 Å². The Bertz CT molecular complexity index is 1010. The SMILES string of the molecule is Cc1ccc(N(CC(=O)Nc2ccccc2N2CCCC2=O)Cc2ccco2)cc1. The van der Waals surface area contributed by atoms with Gasteiger partial charge in [-0.1, -0.05) is 29.8 Å². The lowest BCUT2D eigenvalue weighted by Gasteiger charge is -2.25. The maximum Gasteiger partial charge on any atom is 0.243 e. The van der Waals surface area contributed by atoms with Gasteiger partial charge in [-0.3, -0.25) is 9.59 Å². The number of benzene rings is 2. The van der Waals surface area contributed by atoms with Crippen LogP contribution in [-0.4, -0.2) is 24.9 Å². The summed E-state index contributed by atoms with van der Waals surface area (Å²) >= 11 is 0. The number of nitrogens with one attached hydrogen (secondary N) is 1. The van der Waals surface area contributed by atoms with Crippen LogP contribution < -0.4 is 15.1 Å². The minimum absolute atomic E-state index is 0.0933. The first kappa shape index (κ1) is 19.8. The van der Waals surface area contributed by atoms with Crippen molar-refractivity contribution in [3.63, 3.8) is 0 Å². The van der Waals surface area contributed by atoms with E-state index in [1.54, 1.807) is 11.2 Å². The number of carbonyl (C=O) groups is 2. The van der Waals surface area contributed by atoms with Crippen LogP contribution in [-0.2, 0) is 16.1 Å². The van der Waals surface area contributed by atoms with E-state index < -0.39 is 0 Å². The van der Waals surface area contributed by atoms with Gasteiger partial charge >= 0.3 is 0 Å². The number of hydrogen-bond acceptors (Lipinski definition) is 4. The zero-order valence-corrected chi connectivity index (χ0v) is 17.0. The number of carbonyl (C=O) groups excluding carboxylic acids is 2. The highest BCUT2D eigenvalue weighted by Crippen LogP contribution is 2.29. The van der Waals surface area contributed by atoms with E-state index in [0.29, 0.717) is 25.2 Å². The third kappa shape index (κ3) is 4.54. The lowest BCUT2D eigenvalue weighted by atomic mass is 10.2. The van der Waals surface area contributed by atoms with Gasteiger partial charge in [0.1, 0.15) is 5.76 Å². The number of aryl methyl sites for hydroxylation is 1. The summed E-state index contributed by atoms with van der Waals surface area (Å²) in [6.45, 7) is 3.35. The molecule has 0 unspecified atom stereocenters. The van der Waals surface area contributed by atoms with Gasteiger partial charge in [0.2, 0.25) is 11.8 Å². The van der Waals surface area contributed by atoms with Gasteiger partial charge in [-0.25, -0.2) is 0 Å². The van der Waals surface area contributed by atoms with Gasteiger partial charge in [0.05, 0.1) is 30.7 Å². The van der Waals surface area contributed by atoms with Crippen molar-refractivity contribution in [2.24, 2.45) is 0 Å². The first-order valence-electron chi connectivity index (χ1n) is 10.1. The van der Waals surface area contributed by atoms with Crippen LogP contribution in [0.15, 0.2) is 71.3 Å². The van der Waals surface area contributed by atoms with Crippen molar-refractivity contribution in [2.75, 3.05) is 28.2 Å². The molecule has 2 aromatic carbocycles. The van der Waals surface area contributed by atoms with E-state index in [-0.39, 0.29) is 18.4 Å². The van der Waals surface area contributed by atoms with Crippen molar-refractivity contribution in [3.05, 3.63) is 78.3 Å². The van der Waals surface area contributed by atoms with Gasteiger partial charge in [-0.15, -0.1) is 0 Å². The Balaban J connectivity index is 1.52. The summed E-state index contributed by atoms with van der Waals surface area (Å²) in [6, 6.07) is 19.2. The van der Waals surface area contributed by atoms with Gasteiger partial charge in [-0.2, -0.15) is 0 Å². The van der Waals surface area contributed by atoms with Crippen LogP contribution in [0.25, 0.3) is 0 Å². The quantitative estimate of drug-likeness (QED) is 0.637. The highest BCUT2D eigenvalue weighted by molar-refractivity contribution is 6.02. The maximum atomic E-state index is 13.0. The number of furan rings is 1. The fourth-order valence-electron chi connectivity index (χ4n) is 3.67. The fourth-order valence-corrected chi connectivity index (χ4v) is 3.67. The van der Waals surface area contributed by atoms with Crippen molar-refractivity contribution in [1.29, 1.82) is 0 Å². The van der Waals surface area contributed by atoms with E-state index in [1.807, 2.05) is 72.5 Å². The van der Waals surface area contributed by atoms with E-state index in [4.69, 9.17) is 4.42 Å².